The van der Waals surface area contributed by atoms with E-state index >= 15 is 0 Å². The van der Waals surface area contributed by atoms with E-state index in [2.05, 4.69) is 62.5 Å². The van der Waals surface area contributed by atoms with E-state index in [0.29, 0.717) is 5.92 Å². The summed E-state index contributed by atoms with van der Waals surface area (Å²) < 4.78 is 7.66. The average Bonchev–Trinajstić information content (AvgIpc) is 3.14. The van der Waals surface area contributed by atoms with Gasteiger partial charge in [-0.2, -0.15) is 5.26 Å². The van der Waals surface area contributed by atoms with Gasteiger partial charge >= 0.3 is 0 Å². The first-order valence-electron chi connectivity index (χ1n) is 10.9. The van der Waals surface area contributed by atoms with Crippen LogP contribution in [0, 0.1) is 17.2 Å². The van der Waals surface area contributed by atoms with Crippen molar-refractivity contribution in [2.24, 2.45) is 5.92 Å². The molecule has 2 aromatic heterocycles. The van der Waals surface area contributed by atoms with Crippen LogP contribution >= 0.6 is 0 Å². The molecular formula is C24H30N6O. The van der Waals surface area contributed by atoms with Gasteiger partial charge in [-0.15, -0.1) is 0 Å². The summed E-state index contributed by atoms with van der Waals surface area (Å²) in [6, 6.07) is 12.5. The number of hydrogen-bond acceptors (Lipinski definition) is 6. The highest BCUT2D eigenvalue weighted by molar-refractivity contribution is 5.77. The summed E-state index contributed by atoms with van der Waals surface area (Å²) >= 11 is 0. The van der Waals surface area contributed by atoms with E-state index in [0.717, 1.165) is 62.5 Å². The molecule has 4 rings (SSSR count). The van der Waals surface area contributed by atoms with E-state index in [1.54, 1.807) is 13.3 Å². The van der Waals surface area contributed by atoms with Gasteiger partial charge in [-0.25, -0.2) is 9.97 Å². The van der Waals surface area contributed by atoms with Gasteiger partial charge in [-0.3, -0.25) is 4.90 Å². The van der Waals surface area contributed by atoms with Gasteiger partial charge in [0.15, 0.2) is 0 Å². The monoisotopic (exact) mass is 418 g/mol. The Bertz CT molecular complexity index is 1080. The fourth-order valence-electron chi connectivity index (χ4n) is 4.12. The van der Waals surface area contributed by atoms with E-state index in [-0.39, 0.29) is 5.82 Å². The highest BCUT2D eigenvalue weighted by atomic mass is 16.5. The Morgan fingerprint density at radius 3 is 2.68 bits per heavy atom. The Morgan fingerprint density at radius 2 is 1.97 bits per heavy atom. The van der Waals surface area contributed by atoms with Gasteiger partial charge in [-0.1, -0.05) is 19.9 Å². The van der Waals surface area contributed by atoms with Crippen LogP contribution in [0.4, 0.5) is 5.69 Å². The molecule has 0 aliphatic carbocycles. The molecule has 1 aliphatic rings. The number of nitrogens with zero attached hydrogens (tertiary/aromatic N) is 6. The molecule has 162 valence electrons. The minimum absolute atomic E-state index is 0.231. The third-order valence-corrected chi connectivity index (χ3v) is 5.93. The summed E-state index contributed by atoms with van der Waals surface area (Å²) in [5.74, 6) is 1.73. The predicted octanol–water partition coefficient (Wildman–Crippen LogP) is 3.68. The summed E-state index contributed by atoms with van der Waals surface area (Å²) in [5.41, 5.74) is 3.33. The molecule has 1 aromatic carbocycles. The number of piperazine rings is 1. The Morgan fingerprint density at radius 1 is 1.16 bits per heavy atom. The topological polar surface area (TPSA) is 70.2 Å². The van der Waals surface area contributed by atoms with Crippen molar-refractivity contribution in [2.45, 2.75) is 33.4 Å². The lowest BCUT2D eigenvalue weighted by molar-refractivity contribution is 0.243. The lowest BCUT2D eigenvalue weighted by Gasteiger charge is -2.36. The van der Waals surface area contributed by atoms with Crippen LogP contribution in [-0.2, 0) is 13.1 Å². The number of methoxy groups -OCH3 is 1. The maximum Gasteiger partial charge on any atom is 0.234 e. The van der Waals surface area contributed by atoms with Gasteiger partial charge in [0.1, 0.15) is 17.5 Å². The molecule has 0 amide bonds. The highest BCUT2D eigenvalue weighted by Crippen LogP contribution is 2.24. The summed E-state index contributed by atoms with van der Waals surface area (Å²) in [6.45, 7) is 10.2. The molecule has 0 saturated carbocycles. The van der Waals surface area contributed by atoms with Crippen LogP contribution in [0.5, 0.6) is 5.75 Å². The van der Waals surface area contributed by atoms with E-state index in [4.69, 9.17) is 4.74 Å². The van der Waals surface area contributed by atoms with Crippen LogP contribution in [-0.4, -0.2) is 52.7 Å². The summed E-state index contributed by atoms with van der Waals surface area (Å²) in [5, 5.41) is 10.2. The van der Waals surface area contributed by atoms with Crippen LogP contribution in [0.3, 0.4) is 0 Å². The molecule has 7 nitrogen and oxygen atoms in total. The quantitative estimate of drug-likeness (QED) is 0.583. The van der Waals surface area contributed by atoms with E-state index < -0.39 is 0 Å². The molecule has 3 heterocycles. The van der Waals surface area contributed by atoms with Crippen molar-refractivity contribution in [3.8, 4) is 11.8 Å². The standard InChI is InChI=1S/C24H30N6O/c1-18(2)7-8-30-21(13-19-16-26-23(15-25)27-24(19)30)17-28-9-11-29(12-10-28)20-5-4-6-22(14-20)31-3/h4-6,13-14,16,18H,7-12,17H2,1-3H3. The van der Waals surface area contributed by atoms with Crippen molar-refractivity contribution in [1.29, 1.82) is 5.26 Å². The second-order valence-corrected chi connectivity index (χ2v) is 8.52. The molecule has 0 unspecified atom stereocenters. The van der Waals surface area contributed by atoms with Crippen LogP contribution in [0.15, 0.2) is 36.5 Å². The molecule has 1 saturated heterocycles. The van der Waals surface area contributed by atoms with Crippen molar-refractivity contribution < 1.29 is 4.74 Å². The molecular weight excluding hydrogens is 388 g/mol. The maximum absolute atomic E-state index is 9.22. The van der Waals surface area contributed by atoms with Crippen molar-refractivity contribution in [2.75, 3.05) is 38.2 Å². The second kappa shape index (κ2) is 9.36. The van der Waals surface area contributed by atoms with Gasteiger partial charge in [-0.05, 0) is 30.5 Å². The number of aryl methyl sites for hydroxylation is 1. The highest BCUT2D eigenvalue weighted by Gasteiger charge is 2.20. The van der Waals surface area contributed by atoms with Crippen LogP contribution in [0.25, 0.3) is 11.0 Å². The van der Waals surface area contributed by atoms with E-state index in [9.17, 15) is 5.26 Å². The molecule has 0 radical (unpaired) electrons. The normalized spacial score (nSPS) is 14.9. The van der Waals surface area contributed by atoms with Crippen molar-refractivity contribution in [1.82, 2.24) is 19.4 Å². The first kappa shape index (κ1) is 21.1. The van der Waals surface area contributed by atoms with Gasteiger partial charge in [0, 0.05) is 68.3 Å². The number of fused-ring (bicyclic) bond motifs is 1. The van der Waals surface area contributed by atoms with Gasteiger partial charge < -0.3 is 14.2 Å². The molecule has 3 aromatic rings. The molecule has 7 heteroatoms. The van der Waals surface area contributed by atoms with Crippen molar-refractivity contribution in [3.63, 3.8) is 0 Å². The third kappa shape index (κ3) is 4.80. The zero-order valence-electron chi connectivity index (χ0n) is 18.6. The molecule has 0 bridgehead atoms. The summed E-state index contributed by atoms with van der Waals surface area (Å²) in [7, 11) is 1.71. The molecule has 0 N–H and O–H groups in total. The summed E-state index contributed by atoms with van der Waals surface area (Å²) in [6.07, 6.45) is 2.85. The van der Waals surface area contributed by atoms with Crippen molar-refractivity contribution in [3.05, 3.63) is 48.0 Å². The van der Waals surface area contributed by atoms with Crippen molar-refractivity contribution >= 4 is 16.7 Å². The molecule has 0 spiro atoms. The van der Waals surface area contributed by atoms with Gasteiger partial charge in [0.25, 0.3) is 0 Å². The number of hydrogen-bond donors (Lipinski definition) is 0. The van der Waals surface area contributed by atoms with E-state index in [1.807, 2.05) is 12.1 Å². The Balaban J connectivity index is 1.49. The average molecular weight is 419 g/mol. The number of aromatic nitrogens is 3. The lowest BCUT2D eigenvalue weighted by atomic mass is 10.1. The zero-order valence-corrected chi connectivity index (χ0v) is 18.6. The minimum atomic E-state index is 0.231. The third-order valence-electron chi connectivity index (χ3n) is 5.93. The SMILES string of the molecule is COc1cccc(N2CCN(Cc3cc4cnc(C#N)nc4n3CCC(C)C)CC2)c1. The Hall–Kier alpha value is -3.11. The number of nitriles is 1. The second-order valence-electron chi connectivity index (χ2n) is 8.52. The minimum Gasteiger partial charge on any atom is -0.497 e. The number of rotatable bonds is 7. The Kier molecular flexibility index (Phi) is 6.38. The molecule has 1 fully saturated rings. The van der Waals surface area contributed by atoms with Gasteiger partial charge in [0.05, 0.1) is 7.11 Å². The van der Waals surface area contributed by atoms with Gasteiger partial charge in [0.2, 0.25) is 5.82 Å². The smallest absolute Gasteiger partial charge is 0.234 e. The molecule has 0 atom stereocenters. The van der Waals surface area contributed by atoms with Crippen LogP contribution in [0.1, 0.15) is 31.8 Å². The maximum atomic E-state index is 9.22. The van der Waals surface area contributed by atoms with Crippen LogP contribution < -0.4 is 9.64 Å². The first-order chi connectivity index (χ1) is 15.1. The lowest BCUT2D eigenvalue weighted by Crippen LogP contribution is -2.46. The zero-order chi connectivity index (χ0) is 21.8. The predicted molar refractivity (Wildman–Crippen MR) is 122 cm³/mol. The molecule has 1 aliphatic heterocycles. The molecule has 31 heavy (non-hydrogen) atoms. The fraction of sp³-hybridized carbons (Fsp3) is 0.458. The largest absolute Gasteiger partial charge is 0.497 e. The fourth-order valence-corrected chi connectivity index (χ4v) is 4.12. The van der Waals surface area contributed by atoms with E-state index in [1.165, 1.54) is 11.4 Å². The number of anilines is 1. The number of ether oxygens (including phenoxy) is 1. The summed E-state index contributed by atoms with van der Waals surface area (Å²) in [4.78, 5) is 13.6. The van der Waals surface area contributed by atoms with Crippen LogP contribution in [0.2, 0.25) is 0 Å². The number of benzene rings is 1. The first-order valence-corrected chi connectivity index (χ1v) is 10.9. The Labute approximate surface area is 183 Å².